The summed E-state index contributed by atoms with van der Waals surface area (Å²) in [6.45, 7) is 6.53. The van der Waals surface area contributed by atoms with Crippen LogP contribution >= 0.6 is 0 Å². The number of guanidine groups is 1. The van der Waals surface area contributed by atoms with Crippen molar-refractivity contribution >= 4 is 5.96 Å². The maximum Gasteiger partial charge on any atom is 0.188 e. The van der Waals surface area contributed by atoms with Crippen molar-refractivity contribution in [2.75, 3.05) is 6.54 Å². The molecule has 0 bridgehead atoms. The van der Waals surface area contributed by atoms with Gasteiger partial charge in [0.05, 0.1) is 12.9 Å². The molecule has 1 aromatic heterocycles. The molecule has 0 amide bonds. The predicted octanol–water partition coefficient (Wildman–Crippen LogP) is 1.99. The van der Waals surface area contributed by atoms with E-state index in [1.807, 2.05) is 17.1 Å². The lowest BCUT2D eigenvalue weighted by atomic mass is 10.1. The second-order valence-corrected chi connectivity index (χ2v) is 5.53. The molecule has 5 nitrogen and oxygen atoms in total. The minimum absolute atomic E-state index is 0.503. The minimum atomic E-state index is 0.503. The fourth-order valence-corrected chi connectivity index (χ4v) is 1.96. The molecule has 3 N–H and O–H groups in total. The number of aromatic nitrogens is 2. The molecule has 0 spiro atoms. The van der Waals surface area contributed by atoms with Crippen LogP contribution < -0.4 is 11.1 Å². The van der Waals surface area contributed by atoms with Gasteiger partial charge in [0.25, 0.3) is 0 Å². The zero-order valence-electron chi connectivity index (χ0n) is 12.7. The lowest BCUT2D eigenvalue weighted by Crippen LogP contribution is -2.34. The van der Waals surface area contributed by atoms with Crippen LogP contribution in [0.25, 0.3) is 0 Å². The molecule has 2 aromatic rings. The van der Waals surface area contributed by atoms with Gasteiger partial charge in [0.15, 0.2) is 5.96 Å². The first-order valence-corrected chi connectivity index (χ1v) is 7.21. The van der Waals surface area contributed by atoms with E-state index >= 15 is 0 Å². The van der Waals surface area contributed by atoms with Gasteiger partial charge in [-0.1, -0.05) is 38.1 Å². The molecule has 21 heavy (non-hydrogen) atoms. The normalized spacial score (nSPS) is 11.9. The summed E-state index contributed by atoms with van der Waals surface area (Å²) < 4.78 is 2.04. The number of imidazole rings is 1. The van der Waals surface area contributed by atoms with Crippen molar-refractivity contribution in [3.63, 3.8) is 0 Å². The summed E-state index contributed by atoms with van der Waals surface area (Å²) in [4.78, 5) is 8.42. The minimum Gasteiger partial charge on any atom is -0.370 e. The van der Waals surface area contributed by atoms with Gasteiger partial charge in [-0.15, -0.1) is 0 Å². The molecule has 0 saturated heterocycles. The number of hydrogen-bond donors (Lipinski definition) is 2. The third-order valence-electron chi connectivity index (χ3n) is 3.04. The van der Waals surface area contributed by atoms with Crippen LogP contribution in [0.1, 0.15) is 25.0 Å². The highest BCUT2D eigenvalue weighted by molar-refractivity contribution is 5.77. The standard InChI is InChI=1S/C16H23N5/c1-13(2)9-19-16(17)20-10-14-4-3-5-15(8-14)11-21-7-6-18-12-21/h3-8,12-13H,9-11H2,1-2H3,(H3,17,19,20). The zero-order chi connectivity index (χ0) is 15.1. The molecule has 0 unspecified atom stereocenters. The molecular formula is C16H23N5. The summed E-state index contributed by atoms with van der Waals surface area (Å²) >= 11 is 0. The van der Waals surface area contributed by atoms with Gasteiger partial charge < -0.3 is 15.6 Å². The Hall–Kier alpha value is -2.30. The van der Waals surface area contributed by atoms with Crippen LogP contribution in [0, 0.1) is 5.92 Å². The molecule has 1 aromatic carbocycles. The Balaban J connectivity index is 1.93. The fraction of sp³-hybridized carbons (Fsp3) is 0.375. The smallest absolute Gasteiger partial charge is 0.188 e. The van der Waals surface area contributed by atoms with Gasteiger partial charge in [0.1, 0.15) is 0 Å². The van der Waals surface area contributed by atoms with Gasteiger partial charge in [-0.05, 0) is 17.0 Å². The average Bonchev–Trinajstić information content (AvgIpc) is 2.96. The topological polar surface area (TPSA) is 68.2 Å². The lowest BCUT2D eigenvalue weighted by molar-refractivity contribution is 0.622. The Morgan fingerprint density at radius 3 is 2.90 bits per heavy atom. The second-order valence-electron chi connectivity index (χ2n) is 5.53. The number of nitrogens with one attached hydrogen (secondary N) is 1. The highest BCUT2D eigenvalue weighted by atomic mass is 15.1. The Labute approximate surface area is 125 Å². The summed E-state index contributed by atoms with van der Waals surface area (Å²) in [5, 5.41) is 3.12. The quantitative estimate of drug-likeness (QED) is 0.630. The number of benzene rings is 1. The number of nitrogens with zero attached hydrogens (tertiary/aromatic N) is 3. The number of aliphatic imine (C=N–C) groups is 1. The van der Waals surface area contributed by atoms with Gasteiger partial charge in [-0.2, -0.15) is 0 Å². The van der Waals surface area contributed by atoms with Crippen LogP contribution in [0.5, 0.6) is 0 Å². The van der Waals surface area contributed by atoms with E-state index in [4.69, 9.17) is 5.73 Å². The van der Waals surface area contributed by atoms with E-state index in [-0.39, 0.29) is 0 Å². The maximum atomic E-state index is 5.84. The van der Waals surface area contributed by atoms with Crippen molar-refractivity contribution in [1.29, 1.82) is 0 Å². The van der Waals surface area contributed by atoms with Gasteiger partial charge in [-0.25, -0.2) is 9.98 Å². The molecule has 1 heterocycles. The zero-order valence-corrected chi connectivity index (χ0v) is 12.7. The molecule has 0 atom stereocenters. The van der Waals surface area contributed by atoms with E-state index in [1.54, 1.807) is 6.20 Å². The first-order chi connectivity index (χ1) is 10.1. The van der Waals surface area contributed by atoms with Gasteiger partial charge in [0, 0.05) is 25.5 Å². The molecule has 0 aliphatic heterocycles. The Bertz CT molecular complexity index is 572. The van der Waals surface area contributed by atoms with Crippen molar-refractivity contribution in [1.82, 2.24) is 14.9 Å². The highest BCUT2D eigenvalue weighted by Crippen LogP contribution is 2.08. The van der Waals surface area contributed by atoms with E-state index in [0.717, 1.165) is 18.7 Å². The monoisotopic (exact) mass is 285 g/mol. The Morgan fingerprint density at radius 2 is 2.19 bits per heavy atom. The summed E-state index contributed by atoms with van der Waals surface area (Å²) in [5.74, 6) is 1.06. The molecule has 0 aliphatic carbocycles. The lowest BCUT2D eigenvalue weighted by Gasteiger charge is -2.08. The fourth-order valence-electron chi connectivity index (χ4n) is 1.96. The average molecular weight is 285 g/mol. The van der Waals surface area contributed by atoms with Gasteiger partial charge in [-0.3, -0.25) is 0 Å². The summed E-state index contributed by atoms with van der Waals surface area (Å²) in [5.41, 5.74) is 8.23. The highest BCUT2D eigenvalue weighted by Gasteiger charge is 1.99. The largest absolute Gasteiger partial charge is 0.370 e. The van der Waals surface area contributed by atoms with Gasteiger partial charge in [0.2, 0.25) is 0 Å². The first kappa shape index (κ1) is 15.1. The second kappa shape index (κ2) is 7.47. The molecule has 0 fully saturated rings. The summed E-state index contributed by atoms with van der Waals surface area (Å²) in [6, 6.07) is 8.37. The third kappa shape index (κ3) is 5.30. The van der Waals surface area contributed by atoms with E-state index in [0.29, 0.717) is 18.4 Å². The van der Waals surface area contributed by atoms with E-state index in [1.165, 1.54) is 5.56 Å². The molecular weight excluding hydrogens is 262 g/mol. The summed E-state index contributed by atoms with van der Waals surface area (Å²) in [7, 11) is 0. The molecule has 0 aliphatic rings. The van der Waals surface area contributed by atoms with Gasteiger partial charge >= 0.3 is 0 Å². The van der Waals surface area contributed by atoms with Crippen molar-refractivity contribution in [3.8, 4) is 0 Å². The SMILES string of the molecule is CC(C)CNC(N)=NCc1cccc(Cn2ccnc2)c1. The van der Waals surface area contributed by atoms with Crippen LogP contribution in [0.3, 0.4) is 0 Å². The molecule has 0 saturated carbocycles. The maximum absolute atomic E-state index is 5.84. The predicted molar refractivity (Wildman–Crippen MR) is 85.9 cm³/mol. The Morgan fingerprint density at radius 1 is 1.38 bits per heavy atom. The van der Waals surface area contributed by atoms with Crippen molar-refractivity contribution in [2.24, 2.45) is 16.6 Å². The summed E-state index contributed by atoms with van der Waals surface area (Å²) in [6.07, 6.45) is 5.56. The van der Waals surface area contributed by atoms with E-state index in [9.17, 15) is 0 Å². The van der Waals surface area contributed by atoms with Crippen LogP contribution in [0.2, 0.25) is 0 Å². The number of rotatable bonds is 6. The number of hydrogen-bond acceptors (Lipinski definition) is 2. The van der Waals surface area contributed by atoms with Crippen molar-refractivity contribution in [2.45, 2.75) is 26.9 Å². The van der Waals surface area contributed by atoms with E-state index < -0.39 is 0 Å². The van der Waals surface area contributed by atoms with Crippen LogP contribution in [-0.2, 0) is 13.1 Å². The molecule has 0 radical (unpaired) electrons. The van der Waals surface area contributed by atoms with Crippen LogP contribution in [0.4, 0.5) is 0 Å². The van der Waals surface area contributed by atoms with Crippen LogP contribution in [0.15, 0.2) is 48.0 Å². The third-order valence-corrected chi connectivity index (χ3v) is 3.04. The molecule has 112 valence electrons. The van der Waals surface area contributed by atoms with Crippen molar-refractivity contribution in [3.05, 3.63) is 54.1 Å². The molecule has 2 rings (SSSR count). The first-order valence-electron chi connectivity index (χ1n) is 7.21. The van der Waals surface area contributed by atoms with E-state index in [2.05, 4.69) is 53.4 Å². The van der Waals surface area contributed by atoms with Crippen molar-refractivity contribution < 1.29 is 0 Å². The number of nitrogens with two attached hydrogens (primary N) is 1. The van der Waals surface area contributed by atoms with Crippen LogP contribution in [-0.4, -0.2) is 22.1 Å². The molecule has 5 heteroatoms. The Kier molecular flexibility index (Phi) is 5.37.